The first kappa shape index (κ1) is 32.4. The number of hydrogen-bond acceptors (Lipinski definition) is 7. The molecule has 0 spiro atoms. The summed E-state index contributed by atoms with van der Waals surface area (Å²) in [5, 5.41) is 16.9. The van der Waals surface area contributed by atoms with Crippen molar-refractivity contribution in [3.63, 3.8) is 0 Å². The summed E-state index contributed by atoms with van der Waals surface area (Å²) >= 11 is 0. The summed E-state index contributed by atoms with van der Waals surface area (Å²) in [6.45, 7) is 5.68. The van der Waals surface area contributed by atoms with E-state index in [0.717, 1.165) is 0 Å². The SMILES string of the molecule is CC(C)CC(NC(=O)C(N)CCCN=C(N)N)C(=O)NC(C)C(=O)NC(CCCN=C(N)N)C(=O)O. The topological polar surface area (TPSA) is 279 Å². The van der Waals surface area contributed by atoms with Gasteiger partial charge in [0.25, 0.3) is 0 Å². The Hall–Kier alpha value is -3.62. The number of amides is 3. The van der Waals surface area contributed by atoms with E-state index < -0.39 is 47.9 Å². The molecule has 36 heavy (non-hydrogen) atoms. The second-order valence-corrected chi connectivity index (χ2v) is 8.82. The van der Waals surface area contributed by atoms with Crippen molar-refractivity contribution in [3.05, 3.63) is 0 Å². The predicted molar refractivity (Wildman–Crippen MR) is 136 cm³/mol. The highest BCUT2D eigenvalue weighted by molar-refractivity contribution is 5.93. The molecule has 0 rings (SSSR count). The third kappa shape index (κ3) is 14.6. The molecule has 0 aliphatic carbocycles. The van der Waals surface area contributed by atoms with Crippen molar-refractivity contribution in [1.82, 2.24) is 16.0 Å². The normalized spacial score (nSPS) is 14.0. The van der Waals surface area contributed by atoms with Gasteiger partial charge in [0.2, 0.25) is 17.7 Å². The minimum Gasteiger partial charge on any atom is -0.480 e. The maximum Gasteiger partial charge on any atom is 0.326 e. The van der Waals surface area contributed by atoms with Gasteiger partial charge in [-0.05, 0) is 44.9 Å². The number of carboxylic acids is 1. The first-order valence-corrected chi connectivity index (χ1v) is 11.7. The van der Waals surface area contributed by atoms with Gasteiger partial charge in [0.1, 0.15) is 18.1 Å². The van der Waals surface area contributed by atoms with Gasteiger partial charge in [-0.1, -0.05) is 13.8 Å². The molecule has 0 aromatic heterocycles. The number of aliphatic imine (C=N–C) groups is 2. The van der Waals surface area contributed by atoms with Gasteiger partial charge in [-0.15, -0.1) is 0 Å². The molecule has 0 aliphatic heterocycles. The molecular formula is C21H42N10O5. The molecule has 0 aliphatic rings. The first-order valence-electron chi connectivity index (χ1n) is 11.7. The van der Waals surface area contributed by atoms with Crippen LogP contribution in [-0.4, -0.2) is 78.0 Å². The number of nitrogens with zero attached hydrogens (tertiary/aromatic N) is 2. The molecule has 4 atom stereocenters. The molecule has 0 fully saturated rings. The largest absolute Gasteiger partial charge is 0.480 e. The van der Waals surface area contributed by atoms with E-state index >= 15 is 0 Å². The Balaban J connectivity index is 4.99. The number of rotatable bonds is 17. The Morgan fingerprint density at radius 2 is 1.25 bits per heavy atom. The lowest BCUT2D eigenvalue weighted by molar-refractivity contribution is -0.142. The summed E-state index contributed by atoms with van der Waals surface area (Å²) in [5.74, 6) is -3.16. The molecule has 206 valence electrons. The van der Waals surface area contributed by atoms with Gasteiger partial charge in [-0.3, -0.25) is 24.4 Å². The Bertz CT molecular complexity index is 794. The van der Waals surface area contributed by atoms with Crippen LogP contribution in [0.25, 0.3) is 0 Å². The molecular weight excluding hydrogens is 472 g/mol. The molecule has 15 nitrogen and oxygen atoms in total. The zero-order valence-electron chi connectivity index (χ0n) is 21.2. The van der Waals surface area contributed by atoms with Crippen LogP contribution in [0.3, 0.4) is 0 Å². The van der Waals surface area contributed by atoms with Crippen LogP contribution in [0.2, 0.25) is 0 Å². The van der Waals surface area contributed by atoms with Crippen LogP contribution in [0.4, 0.5) is 0 Å². The van der Waals surface area contributed by atoms with Gasteiger partial charge in [0.15, 0.2) is 11.9 Å². The molecule has 14 N–H and O–H groups in total. The Morgan fingerprint density at radius 1 is 0.750 bits per heavy atom. The molecule has 15 heteroatoms. The van der Waals surface area contributed by atoms with Gasteiger partial charge in [-0.25, -0.2) is 4.79 Å². The van der Waals surface area contributed by atoms with Crippen LogP contribution in [0, 0.1) is 5.92 Å². The summed E-state index contributed by atoms with van der Waals surface area (Å²) in [6.07, 6.45) is 1.49. The molecule has 0 aromatic carbocycles. The van der Waals surface area contributed by atoms with E-state index in [2.05, 4.69) is 25.9 Å². The number of carbonyl (C=O) groups excluding carboxylic acids is 3. The van der Waals surface area contributed by atoms with Gasteiger partial charge < -0.3 is 49.7 Å². The number of aliphatic carboxylic acids is 1. The van der Waals surface area contributed by atoms with Crippen molar-refractivity contribution >= 4 is 35.6 Å². The fraction of sp³-hybridized carbons (Fsp3) is 0.714. The first-order chi connectivity index (χ1) is 16.7. The van der Waals surface area contributed by atoms with Crippen LogP contribution in [0.5, 0.6) is 0 Å². The number of nitrogens with two attached hydrogens (primary N) is 5. The van der Waals surface area contributed by atoms with Crippen LogP contribution in [-0.2, 0) is 19.2 Å². The summed E-state index contributed by atoms with van der Waals surface area (Å²) in [7, 11) is 0. The number of carboxylic acid groups (broad SMARTS) is 1. The maximum absolute atomic E-state index is 12.8. The van der Waals surface area contributed by atoms with Crippen molar-refractivity contribution in [2.75, 3.05) is 13.1 Å². The second kappa shape index (κ2) is 16.9. The van der Waals surface area contributed by atoms with E-state index in [1.165, 1.54) is 6.92 Å². The predicted octanol–water partition coefficient (Wildman–Crippen LogP) is -2.97. The monoisotopic (exact) mass is 514 g/mol. The maximum atomic E-state index is 12.8. The fourth-order valence-corrected chi connectivity index (χ4v) is 3.07. The molecule has 0 aromatic rings. The van der Waals surface area contributed by atoms with Gasteiger partial charge in [0.05, 0.1) is 6.04 Å². The molecule has 0 saturated carbocycles. The van der Waals surface area contributed by atoms with Gasteiger partial charge in [-0.2, -0.15) is 0 Å². The van der Waals surface area contributed by atoms with Gasteiger partial charge in [0, 0.05) is 13.1 Å². The molecule has 0 bridgehead atoms. The molecule has 3 amide bonds. The number of hydrogen-bond donors (Lipinski definition) is 9. The average molecular weight is 515 g/mol. The average Bonchev–Trinajstić information content (AvgIpc) is 2.76. The highest BCUT2D eigenvalue weighted by Crippen LogP contribution is 2.07. The Morgan fingerprint density at radius 3 is 1.72 bits per heavy atom. The van der Waals surface area contributed by atoms with E-state index in [1.54, 1.807) is 0 Å². The van der Waals surface area contributed by atoms with E-state index in [0.29, 0.717) is 32.2 Å². The third-order valence-electron chi connectivity index (χ3n) is 4.96. The second-order valence-electron chi connectivity index (χ2n) is 8.82. The van der Waals surface area contributed by atoms with E-state index in [-0.39, 0.29) is 30.8 Å². The summed E-state index contributed by atoms with van der Waals surface area (Å²) in [6, 6.07) is -4.06. The molecule has 4 unspecified atom stereocenters. The minimum atomic E-state index is -1.23. The van der Waals surface area contributed by atoms with Gasteiger partial charge >= 0.3 is 5.97 Å². The third-order valence-corrected chi connectivity index (χ3v) is 4.96. The lowest BCUT2D eigenvalue weighted by atomic mass is 10.0. The highest BCUT2D eigenvalue weighted by Gasteiger charge is 2.28. The zero-order chi connectivity index (χ0) is 27.8. The van der Waals surface area contributed by atoms with Crippen molar-refractivity contribution in [2.45, 2.75) is 77.0 Å². The fourth-order valence-electron chi connectivity index (χ4n) is 3.07. The number of guanidine groups is 2. The van der Waals surface area contributed by atoms with Crippen LogP contribution < -0.4 is 44.6 Å². The summed E-state index contributed by atoms with van der Waals surface area (Å²) < 4.78 is 0. The van der Waals surface area contributed by atoms with Crippen molar-refractivity contribution in [3.8, 4) is 0 Å². The Kier molecular flexibility index (Phi) is 15.2. The highest BCUT2D eigenvalue weighted by atomic mass is 16.4. The smallest absolute Gasteiger partial charge is 0.326 e. The lowest BCUT2D eigenvalue weighted by Gasteiger charge is -2.24. The van der Waals surface area contributed by atoms with Crippen LogP contribution in [0.15, 0.2) is 9.98 Å². The standard InChI is InChI=1S/C21H42N10O5/c1-11(2)10-15(31-17(33)13(22)6-4-8-27-20(23)24)18(34)29-12(3)16(32)30-14(19(35)36)7-5-9-28-21(25)26/h11-15H,4-10,22H2,1-3H3,(H,29,34)(H,30,32)(H,31,33)(H,35,36)(H4,23,24,27)(H4,25,26,28). The van der Waals surface area contributed by atoms with E-state index in [4.69, 9.17) is 28.7 Å². The summed E-state index contributed by atoms with van der Waals surface area (Å²) in [4.78, 5) is 56.9. The van der Waals surface area contributed by atoms with Crippen molar-refractivity contribution in [1.29, 1.82) is 0 Å². The van der Waals surface area contributed by atoms with Crippen molar-refractivity contribution < 1.29 is 24.3 Å². The van der Waals surface area contributed by atoms with Crippen LogP contribution >= 0.6 is 0 Å². The number of carbonyl (C=O) groups is 4. The molecule has 0 saturated heterocycles. The molecule has 0 radical (unpaired) electrons. The zero-order valence-corrected chi connectivity index (χ0v) is 21.2. The number of nitrogens with one attached hydrogen (secondary N) is 3. The molecule has 0 heterocycles. The van der Waals surface area contributed by atoms with E-state index in [9.17, 15) is 24.3 Å². The van der Waals surface area contributed by atoms with E-state index in [1.807, 2.05) is 13.8 Å². The lowest BCUT2D eigenvalue weighted by Crippen LogP contribution is -2.56. The minimum absolute atomic E-state index is 0.0462. The van der Waals surface area contributed by atoms with Crippen molar-refractivity contribution in [2.24, 2.45) is 44.6 Å². The quantitative estimate of drug-likeness (QED) is 0.0539. The Labute approximate surface area is 211 Å². The van der Waals surface area contributed by atoms with Crippen LogP contribution in [0.1, 0.15) is 52.9 Å². The summed E-state index contributed by atoms with van der Waals surface area (Å²) in [5.41, 5.74) is 26.9.